The molecule has 1 aromatic carbocycles. The fourth-order valence-electron chi connectivity index (χ4n) is 1.87. The summed E-state index contributed by atoms with van der Waals surface area (Å²) in [6.07, 6.45) is 1.65. The molecular formula is C15H18N2O4. The zero-order valence-corrected chi connectivity index (χ0v) is 12.3. The molecule has 2 N–H and O–H groups in total. The molecule has 2 aromatic rings. The SMILES string of the molecule is COc1cc(Oc2cc(CN)ccn2)cc(OC)c1OC. The zero-order chi connectivity index (χ0) is 15.2. The molecule has 0 aliphatic rings. The third-order valence-electron chi connectivity index (χ3n) is 2.90. The predicted octanol–water partition coefficient (Wildman–Crippen LogP) is 2.36. The second-order valence-corrected chi connectivity index (χ2v) is 4.17. The Balaban J connectivity index is 2.35. The van der Waals surface area contributed by atoms with Crippen LogP contribution in [0.3, 0.4) is 0 Å². The van der Waals surface area contributed by atoms with Gasteiger partial charge in [0.05, 0.1) is 21.3 Å². The van der Waals surface area contributed by atoms with Gasteiger partial charge in [-0.3, -0.25) is 0 Å². The van der Waals surface area contributed by atoms with Crippen LogP contribution in [-0.4, -0.2) is 26.3 Å². The number of nitrogens with zero attached hydrogens (tertiary/aromatic N) is 1. The van der Waals surface area contributed by atoms with Crippen molar-refractivity contribution in [1.29, 1.82) is 0 Å². The van der Waals surface area contributed by atoms with Gasteiger partial charge in [0, 0.05) is 30.9 Å². The largest absolute Gasteiger partial charge is 0.493 e. The minimum atomic E-state index is 0.425. The summed E-state index contributed by atoms with van der Waals surface area (Å²) in [6.45, 7) is 0.425. The Morgan fingerprint density at radius 2 is 1.67 bits per heavy atom. The predicted molar refractivity (Wildman–Crippen MR) is 78.3 cm³/mol. The molecule has 21 heavy (non-hydrogen) atoms. The molecule has 6 nitrogen and oxygen atoms in total. The van der Waals surface area contributed by atoms with E-state index in [0.29, 0.717) is 35.4 Å². The minimum Gasteiger partial charge on any atom is -0.493 e. The Morgan fingerprint density at radius 3 is 2.19 bits per heavy atom. The van der Waals surface area contributed by atoms with Gasteiger partial charge in [0.1, 0.15) is 5.75 Å². The molecule has 6 heteroatoms. The summed E-state index contributed by atoms with van der Waals surface area (Å²) in [6, 6.07) is 7.03. The Bertz CT molecular complexity index is 591. The highest BCUT2D eigenvalue weighted by molar-refractivity contribution is 5.56. The third-order valence-corrected chi connectivity index (χ3v) is 2.90. The number of methoxy groups -OCH3 is 3. The number of hydrogen-bond donors (Lipinski definition) is 1. The molecule has 112 valence electrons. The normalized spacial score (nSPS) is 10.1. The average molecular weight is 290 g/mol. The summed E-state index contributed by atoms with van der Waals surface area (Å²) in [5, 5.41) is 0. The van der Waals surface area contributed by atoms with E-state index in [2.05, 4.69) is 4.98 Å². The maximum Gasteiger partial charge on any atom is 0.219 e. The standard InChI is InChI=1S/C15H18N2O4/c1-18-12-7-11(8-13(19-2)15(12)20-3)21-14-6-10(9-16)4-5-17-14/h4-8H,9,16H2,1-3H3. The van der Waals surface area contributed by atoms with E-state index in [1.54, 1.807) is 45.7 Å². The van der Waals surface area contributed by atoms with Gasteiger partial charge >= 0.3 is 0 Å². The van der Waals surface area contributed by atoms with Crippen LogP contribution in [0.2, 0.25) is 0 Å². The fourth-order valence-corrected chi connectivity index (χ4v) is 1.87. The van der Waals surface area contributed by atoms with Crippen LogP contribution in [-0.2, 0) is 6.54 Å². The Morgan fingerprint density at radius 1 is 1.00 bits per heavy atom. The van der Waals surface area contributed by atoms with Crippen molar-refractivity contribution in [3.63, 3.8) is 0 Å². The van der Waals surface area contributed by atoms with E-state index in [1.165, 1.54) is 0 Å². The third kappa shape index (κ3) is 3.35. The molecule has 2 rings (SSSR count). The molecule has 0 saturated heterocycles. The van der Waals surface area contributed by atoms with E-state index < -0.39 is 0 Å². The van der Waals surface area contributed by atoms with E-state index in [1.807, 2.05) is 6.07 Å². The average Bonchev–Trinajstić information content (AvgIpc) is 2.53. The molecule has 0 aliphatic carbocycles. The Kier molecular flexibility index (Phi) is 4.84. The highest BCUT2D eigenvalue weighted by Crippen LogP contribution is 2.41. The molecule has 0 bridgehead atoms. The second-order valence-electron chi connectivity index (χ2n) is 4.17. The first kappa shape index (κ1) is 14.9. The number of hydrogen-bond acceptors (Lipinski definition) is 6. The molecule has 0 saturated carbocycles. The molecule has 1 aromatic heterocycles. The first-order valence-corrected chi connectivity index (χ1v) is 6.34. The molecule has 0 aliphatic heterocycles. The van der Waals surface area contributed by atoms with Crippen molar-refractivity contribution in [3.8, 4) is 28.9 Å². The molecule has 0 unspecified atom stereocenters. The van der Waals surface area contributed by atoms with Gasteiger partial charge in [0.2, 0.25) is 11.6 Å². The van der Waals surface area contributed by atoms with E-state index in [9.17, 15) is 0 Å². The summed E-state index contributed by atoms with van der Waals surface area (Å²) >= 11 is 0. The molecular weight excluding hydrogens is 272 g/mol. The lowest BCUT2D eigenvalue weighted by atomic mass is 10.2. The van der Waals surface area contributed by atoms with Gasteiger partial charge < -0.3 is 24.7 Å². The van der Waals surface area contributed by atoms with E-state index in [-0.39, 0.29) is 0 Å². The van der Waals surface area contributed by atoms with Gasteiger partial charge in [0.15, 0.2) is 11.5 Å². The van der Waals surface area contributed by atoms with Crippen LogP contribution < -0.4 is 24.7 Å². The Hall–Kier alpha value is -2.47. The van der Waals surface area contributed by atoms with Crippen LogP contribution >= 0.6 is 0 Å². The van der Waals surface area contributed by atoms with Gasteiger partial charge in [-0.2, -0.15) is 0 Å². The maximum atomic E-state index is 5.72. The summed E-state index contributed by atoms with van der Waals surface area (Å²) in [5.41, 5.74) is 6.54. The van der Waals surface area contributed by atoms with Crippen molar-refractivity contribution in [3.05, 3.63) is 36.0 Å². The van der Waals surface area contributed by atoms with Crippen molar-refractivity contribution >= 4 is 0 Å². The zero-order valence-electron chi connectivity index (χ0n) is 12.3. The van der Waals surface area contributed by atoms with Crippen molar-refractivity contribution in [2.75, 3.05) is 21.3 Å². The van der Waals surface area contributed by atoms with Crippen LogP contribution in [0, 0.1) is 0 Å². The first-order chi connectivity index (χ1) is 10.2. The maximum absolute atomic E-state index is 5.72. The smallest absolute Gasteiger partial charge is 0.219 e. The number of nitrogens with two attached hydrogens (primary N) is 1. The highest BCUT2D eigenvalue weighted by Gasteiger charge is 2.14. The van der Waals surface area contributed by atoms with Crippen LogP contribution in [0.15, 0.2) is 30.5 Å². The lowest BCUT2D eigenvalue weighted by molar-refractivity contribution is 0.320. The first-order valence-electron chi connectivity index (χ1n) is 6.34. The summed E-state index contributed by atoms with van der Waals surface area (Å²) in [4.78, 5) is 4.15. The molecule has 0 fully saturated rings. The van der Waals surface area contributed by atoms with Gasteiger partial charge in [-0.1, -0.05) is 0 Å². The van der Waals surface area contributed by atoms with Crippen LogP contribution in [0.4, 0.5) is 0 Å². The summed E-state index contributed by atoms with van der Waals surface area (Å²) in [7, 11) is 4.65. The van der Waals surface area contributed by atoms with Crippen molar-refractivity contribution in [1.82, 2.24) is 4.98 Å². The van der Waals surface area contributed by atoms with Crippen LogP contribution in [0.5, 0.6) is 28.9 Å². The molecule has 0 amide bonds. The van der Waals surface area contributed by atoms with Crippen LogP contribution in [0.25, 0.3) is 0 Å². The number of ether oxygens (including phenoxy) is 4. The second kappa shape index (κ2) is 6.81. The molecule has 0 spiro atoms. The van der Waals surface area contributed by atoms with E-state index in [4.69, 9.17) is 24.7 Å². The lowest BCUT2D eigenvalue weighted by Crippen LogP contribution is -1.98. The van der Waals surface area contributed by atoms with E-state index >= 15 is 0 Å². The lowest BCUT2D eigenvalue weighted by Gasteiger charge is -2.14. The fraction of sp³-hybridized carbons (Fsp3) is 0.267. The van der Waals surface area contributed by atoms with Gasteiger partial charge in [-0.25, -0.2) is 4.98 Å². The molecule has 0 radical (unpaired) electrons. The number of aromatic nitrogens is 1. The number of rotatable bonds is 6. The number of benzene rings is 1. The van der Waals surface area contributed by atoms with Gasteiger partial charge in [0.25, 0.3) is 0 Å². The van der Waals surface area contributed by atoms with Crippen molar-refractivity contribution in [2.24, 2.45) is 5.73 Å². The Labute approximate surface area is 123 Å². The quantitative estimate of drug-likeness (QED) is 0.880. The van der Waals surface area contributed by atoms with Crippen LogP contribution in [0.1, 0.15) is 5.56 Å². The van der Waals surface area contributed by atoms with Crippen molar-refractivity contribution < 1.29 is 18.9 Å². The highest BCUT2D eigenvalue weighted by atomic mass is 16.5. The minimum absolute atomic E-state index is 0.425. The topological polar surface area (TPSA) is 75.8 Å². The number of pyridine rings is 1. The summed E-state index contributed by atoms with van der Waals surface area (Å²) in [5.74, 6) is 2.53. The molecule has 0 atom stereocenters. The monoisotopic (exact) mass is 290 g/mol. The van der Waals surface area contributed by atoms with Crippen molar-refractivity contribution in [2.45, 2.75) is 6.54 Å². The van der Waals surface area contributed by atoms with E-state index in [0.717, 1.165) is 5.56 Å². The van der Waals surface area contributed by atoms with Gasteiger partial charge in [-0.15, -0.1) is 0 Å². The summed E-state index contributed by atoms with van der Waals surface area (Å²) < 4.78 is 21.5. The van der Waals surface area contributed by atoms with Gasteiger partial charge in [-0.05, 0) is 11.6 Å². The molecule has 1 heterocycles.